The topological polar surface area (TPSA) is 70.0 Å². The molecule has 4 nitrogen and oxygen atoms in total. The van der Waals surface area contributed by atoms with Crippen LogP contribution in [0.5, 0.6) is 0 Å². The Morgan fingerprint density at radius 2 is 2.18 bits per heavy atom. The summed E-state index contributed by atoms with van der Waals surface area (Å²) in [6.07, 6.45) is 0. The molecule has 0 aliphatic carbocycles. The Morgan fingerprint density at radius 1 is 1.35 bits per heavy atom. The van der Waals surface area contributed by atoms with Crippen LogP contribution >= 0.6 is 22.7 Å². The number of sulfonamides is 1. The molecule has 0 bridgehead atoms. The van der Waals surface area contributed by atoms with Crippen LogP contribution in [0.2, 0.25) is 0 Å². The molecule has 0 saturated carbocycles. The average molecular weight is 284 g/mol. The molecule has 7 heteroatoms. The summed E-state index contributed by atoms with van der Waals surface area (Å²) in [5, 5.41) is 12.4. The standard InChI is InChI=1S/C10H8N2O2S3/c11-5-9-1-2-10(16-9)17(13,14)12-6-8-3-4-15-7-8/h1-4,7,12H,6H2. The highest BCUT2D eigenvalue weighted by Crippen LogP contribution is 2.20. The minimum atomic E-state index is -3.50. The molecular formula is C10H8N2O2S3. The molecule has 0 spiro atoms. The number of nitrogens with zero attached hydrogens (tertiary/aromatic N) is 1. The van der Waals surface area contributed by atoms with Crippen molar-refractivity contribution in [3.63, 3.8) is 0 Å². The lowest BCUT2D eigenvalue weighted by Crippen LogP contribution is -2.22. The van der Waals surface area contributed by atoms with E-state index in [0.717, 1.165) is 16.9 Å². The van der Waals surface area contributed by atoms with Gasteiger partial charge in [-0.25, -0.2) is 13.1 Å². The molecule has 0 atom stereocenters. The minimum Gasteiger partial charge on any atom is -0.206 e. The highest BCUT2D eigenvalue weighted by Gasteiger charge is 2.16. The van der Waals surface area contributed by atoms with Crippen LogP contribution in [-0.4, -0.2) is 8.42 Å². The zero-order valence-electron chi connectivity index (χ0n) is 8.58. The Morgan fingerprint density at radius 3 is 2.76 bits per heavy atom. The summed E-state index contributed by atoms with van der Waals surface area (Å²) in [5.41, 5.74) is 0.927. The monoisotopic (exact) mass is 284 g/mol. The van der Waals surface area contributed by atoms with Crippen LogP contribution in [0.15, 0.2) is 33.2 Å². The molecule has 0 aliphatic heterocycles. The number of nitriles is 1. The fourth-order valence-corrected chi connectivity index (χ4v) is 4.00. The van der Waals surface area contributed by atoms with Gasteiger partial charge < -0.3 is 0 Å². The van der Waals surface area contributed by atoms with E-state index < -0.39 is 10.0 Å². The van der Waals surface area contributed by atoms with Gasteiger partial charge in [0.1, 0.15) is 15.2 Å². The van der Waals surface area contributed by atoms with E-state index in [2.05, 4.69) is 4.72 Å². The first-order chi connectivity index (χ1) is 8.12. The van der Waals surface area contributed by atoms with Crippen molar-refractivity contribution in [3.8, 4) is 6.07 Å². The van der Waals surface area contributed by atoms with Crippen LogP contribution in [0.4, 0.5) is 0 Å². The Hall–Kier alpha value is -1.20. The molecule has 88 valence electrons. The number of rotatable bonds is 4. The third kappa shape index (κ3) is 2.92. The zero-order chi connectivity index (χ0) is 12.3. The predicted molar refractivity (Wildman–Crippen MR) is 67.4 cm³/mol. The van der Waals surface area contributed by atoms with E-state index >= 15 is 0 Å². The second-order valence-corrected chi connectivity index (χ2v) is 7.04. The summed E-state index contributed by atoms with van der Waals surface area (Å²) in [6.45, 7) is 0.269. The smallest absolute Gasteiger partial charge is 0.206 e. The molecule has 0 radical (unpaired) electrons. The molecule has 2 heterocycles. The number of hydrogen-bond acceptors (Lipinski definition) is 5. The first kappa shape index (κ1) is 12.3. The van der Waals surface area contributed by atoms with Gasteiger partial charge in [-0.15, -0.1) is 11.3 Å². The van der Waals surface area contributed by atoms with Gasteiger partial charge in [0, 0.05) is 6.54 Å². The Kier molecular flexibility index (Phi) is 3.59. The predicted octanol–water partition coefficient (Wildman–Crippen LogP) is 2.16. The maximum atomic E-state index is 11.8. The molecule has 17 heavy (non-hydrogen) atoms. The van der Waals surface area contributed by atoms with Crippen molar-refractivity contribution in [1.29, 1.82) is 5.26 Å². The summed E-state index contributed by atoms with van der Waals surface area (Å²) < 4.78 is 26.4. The third-order valence-corrected chi connectivity index (χ3v) is 5.62. The van der Waals surface area contributed by atoms with Gasteiger partial charge in [-0.2, -0.15) is 16.6 Å². The summed E-state index contributed by atoms with van der Waals surface area (Å²) in [4.78, 5) is 0.390. The summed E-state index contributed by atoms with van der Waals surface area (Å²) in [6, 6.07) is 6.73. The Labute approximate surface area is 107 Å². The van der Waals surface area contributed by atoms with Gasteiger partial charge in [-0.1, -0.05) is 0 Å². The lowest BCUT2D eigenvalue weighted by atomic mass is 10.4. The second-order valence-electron chi connectivity index (χ2n) is 3.19. The number of hydrogen-bond donors (Lipinski definition) is 1. The molecule has 1 N–H and O–H groups in total. The van der Waals surface area contributed by atoms with Crippen LogP contribution in [0.1, 0.15) is 10.4 Å². The van der Waals surface area contributed by atoms with E-state index in [9.17, 15) is 8.42 Å². The van der Waals surface area contributed by atoms with Gasteiger partial charge in [-0.3, -0.25) is 0 Å². The van der Waals surface area contributed by atoms with Gasteiger partial charge in [0.25, 0.3) is 0 Å². The molecule has 2 aromatic rings. The quantitative estimate of drug-likeness (QED) is 0.935. The maximum absolute atomic E-state index is 11.8. The SMILES string of the molecule is N#Cc1ccc(S(=O)(=O)NCc2ccsc2)s1. The van der Waals surface area contributed by atoms with Crippen LogP contribution in [0.25, 0.3) is 0 Å². The molecule has 0 unspecified atom stereocenters. The van der Waals surface area contributed by atoms with Gasteiger partial charge >= 0.3 is 0 Å². The molecule has 0 fully saturated rings. The average Bonchev–Trinajstić information content (AvgIpc) is 2.98. The molecule has 0 aliphatic rings. The fraction of sp³-hybridized carbons (Fsp3) is 0.100. The molecule has 0 saturated heterocycles. The molecule has 0 amide bonds. The highest BCUT2D eigenvalue weighted by atomic mass is 32.2. The van der Waals surface area contributed by atoms with Crippen molar-refractivity contribution in [2.45, 2.75) is 10.8 Å². The van der Waals surface area contributed by atoms with Crippen molar-refractivity contribution >= 4 is 32.7 Å². The minimum absolute atomic E-state index is 0.171. The lowest BCUT2D eigenvalue weighted by molar-refractivity contribution is 0.583. The van der Waals surface area contributed by atoms with E-state index in [4.69, 9.17) is 5.26 Å². The summed E-state index contributed by atoms with van der Waals surface area (Å²) >= 11 is 2.49. The molecular weight excluding hydrogens is 276 g/mol. The molecule has 2 rings (SSSR count). The highest BCUT2D eigenvalue weighted by molar-refractivity contribution is 7.91. The van der Waals surface area contributed by atoms with E-state index in [1.807, 2.05) is 22.9 Å². The lowest BCUT2D eigenvalue weighted by Gasteiger charge is -2.02. The van der Waals surface area contributed by atoms with Gasteiger partial charge in [0.15, 0.2) is 0 Å². The first-order valence-corrected chi connectivity index (χ1v) is 7.87. The summed E-state index contributed by atoms with van der Waals surface area (Å²) in [5.74, 6) is 0. The Balaban J connectivity index is 2.11. The third-order valence-electron chi connectivity index (χ3n) is 2.00. The van der Waals surface area contributed by atoms with Crippen LogP contribution < -0.4 is 4.72 Å². The van der Waals surface area contributed by atoms with Crippen LogP contribution in [0, 0.1) is 11.3 Å². The van der Waals surface area contributed by atoms with E-state index in [1.165, 1.54) is 23.5 Å². The van der Waals surface area contributed by atoms with Gasteiger partial charge in [0.2, 0.25) is 10.0 Å². The van der Waals surface area contributed by atoms with Crippen molar-refractivity contribution < 1.29 is 8.42 Å². The fourth-order valence-electron chi connectivity index (χ4n) is 1.17. The summed E-state index contributed by atoms with van der Waals surface area (Å²) in [7, 11) is -3.50. The van der Waals surface area contributed by atoms with E-state index in [0.29, 0.717) is 4.88 Å². The van der Waals surface area contributed by atoms with Crippen LogP contribution in [-0.2, 0) is 16.6 Å². The van der Waals surface area contributed by atoms with Gasteiger partial charge in [0.05, 0.1) is 0 Å². The van der Waals surface area contributed by atoms with E-state index in [1.54, 1.807) is 0 Å². The van der Waals surface area contributed by atoms with E-state index in [-0.39, 0.29) is 10.8 Å². The zero-order valence-corrected chi connectivity index (χ0v) is 11.0. The largest absolute Gasteiger partial charge is 0.250 e. The van der Waals surface area contributed by atoms with Crippen molar-refractivity contribution in [1.82, 2.24) is 4.72 Å². The van der Waals surface area contributed by atoms with Crippen molar-refractivity contribution in [3.05, 3.63) is 39.4 Å². The van der Waals surface area contributed by atoms with Crippen LogP contribution in [0.3, 0.4) is 0 Å². The molecule has 2 aromatic heterocycles. The first-order valence-electron chi connectivity index (χ1n) is 4.62. The molecule has 0 aromatic carbocycles. The second kappa shape index (κ2) is 4.98. The van der Waals surface area contributed by atoms with Gasteiger partial charge in [-0.05, 0) is 34.5 Å². The normalized spacial score (nSPS) is 11.2. The van der Waals surface area contributed by atoms with Crippen molar-refractivity contribution in [2.24, 2.45) is 0 Å². The Bertz CT molecular complexity index is 635. The van der Waals surface area contributed by atoms with Crippen molar-refractivity contribution in [2.75, 3.05) is 0 Å². The maximum Gasteiger partial charge on any atom is 0.250 e. The number of thiophene rings is 2. The number of nitrogens with one attached hydrogen (secondary N) is 1.